The fourth-order valence-corrected chi connectivity index (χ4v) is 1.52. The summed E-state index contributed by atoms with van der Waals surface area (Å²) in [6.45, 7) is 0. The molecule has 0 fully saturated rings. The van der Waals surface area contributed by atoms with E-state index in [9.17, 15) is 8.42 Å². The molecule has 0 spiro atoms. The van der Waals surface area contributed by atoms with Gasteiger partial charge in [-0.15, -0.1) is 0 Å². The van der Waals surface area contributed by atoms with Gasteiger partial charge in [0.05, 0.1) is 10.9 Å². The van der Waals surface area contributed by atoms with Gasteiger partial charge in [0.25, 0.3) is 0 Å². The maximum absolute atomic E-state index is 10.6. The van der Waals surface area contributed by atoms with Crippen LogP contribution < -0.4 is 5.32 Å². The van der Waals surface area contributed by atoms with E-state index in [-0.39, 0.29) is 6.04 Å². The zero-order chi connectivity index (χ0) is 12.8. The second-order valence-electron chi connectivity index (χ2n) is 2.60. The first kappa shape index (κ1) is 15.0. The Kier molecular flexibility index (Phi) is 6.14. The van der Waals surface area contributed by atoms with Crippen molar-refractivity contribution in [1.82, 2.24) is 5.32 Å². The highest BCUT2D eigenvalue weighted by atomic mass is 32.3. The standard InChI is InChI=1S/C7H9NO2S.H2O4S/c1-8-6-4-2-3-5-7(6)11(9)10;1-5(2,3)4/h2-6,8H,1H3;(H2,1,2,3,4). The van der Waals surface area contributed by atoms with Gasteiger partial charge >= 0.3 is 10.4 Å². The Labute approximate surface area is 94.6 Å². The molecule has 0 aromatic carbocycles. The van der Waals surface area contributed by atoms with E-state index in [1.54, 1.807) is 25.3 Å². The molecule has 1 aliphatic rings. The normalized spacial score (nSPS) is 18.9. The minimum absolute atomic E-state index is 0.168. The molecule has 0 heterocycles. The first-order valence-corrected chi connectivity index (χ1v) is 6.41. The molecule has 16 heavy (non-hydrogen) atoms. The molecule has 0 bridgehead atoms. The summed E-state index contributed by atoms with van der Waals surface area (Å²) in [6, 6.07) is -0.168. The van der Waals surface area contributed by atoms with Crippen molar-refractivity contribution in [2.24, 2.45) is 0 Å². The number of hydrogen-bond acceptors (Lipinski definition) is 5. The van der Waals surface area contributed by atoms with Crippen molar-refractivity contribution in [3.63, 3.8) is 0 Å². The van der Waals surface area contributed by atoms with E-state index in [4.69, 9.17) is 17.5 Å². The van der Waals surface area contributed by atoms with Crippen LogP contribution in [-0.4, -0.2) is 43.9 Å². The number of hydrogen-bond donors (Lipinski definition) is 3. The zero-order valence-corrected chi connectivity index (χ0v) is 9.86. The summed E-state index contributed by atoms with van der Waals surface area (Å²) in [4.78, 5) is 0.384. The van der Waals surface area contributed by atoms with Gasteiger partial charge in [-0.2, -0.15) is 16.8 Å². The molecular weight excluding hydrogens is 258 g/mol. The van der Waals surface area contributed by atoms with Crippen LogP contribution in [-0.2, 0) is 20.7 Å². The second kappa shape index (κ2) is 6.55. The van der Waals surface area contributed by atoms with Crippen molar-refractivity contribution in [2.45, 2.75) is 6.04 Å². The molecule has 92 valence electrons. The fourth-order valence-electron chi connectivity index (χ4n) is 0.922. The van der Waals surface area contributed by atoms with Crippen molar-refractivity contribution >= 4 is 25.6 Å². The van der Waals surface area contributed by atoms with Gasteiger partial charge in [-0.05, 0) is 13.1 Å². The Morgan fingerprint density at radius 1 is 1.31 bits per heavy atom. The van der Waals surface area contributed by atoms with Crippen LogP contribution in [0.15, 0.2) is 24.3 Å². The number of rotatable bonds is 1. The molecule has 0 saturated heterocycles. The summed E-state index contributed by atoms with van der Waals surface area (Å²) in [5, 5.41) is 2.87. The highest BCUT2D eigenvalue weighted by molar-refractivity contribution is 7.79. The van der Waals surface area contributed by atoms with E-state index < -0.39 is 20.7 Å². The number of nitrogens with one attached hydrogen (secondary N) is 1. The van der Waals surface area contributed by atoms with Gasteiger partial charge in [-0.3, -0.25) is 9.11 Å². The third kappa shape index (κ3) is 7.31. The lowest BCUT2D eigenvalue weighted by molar-refractivity contribution is 0.381. The van der Waals surface area contributed by atoms with Crippen molar-refractivity contribution in [3.8, 4) is 0 Å². The molecule has 0 aromatic rings. The predicted octanol–water partition coefficient (Wildman–Crippen LogP) is -0.901. The van der Waals surface area contributed by atoms with Crippen LogP contribution in [0.2, 0.25) is 0 Å². The SMILES string of the molecule is CNC1C=CC=CC1=S(=O)=O.O=S(=O)(O)O. The topological polar surface area (TPSA) is 121 Å². The smallest absolute Gasteiger partial charge is 0.309 e. The van der Waals surface area contributed by atoms with E-state index in [0.29, 0.717) is 4.86 Å². The quantitative estimate of drug-likeness (QED) is 0.416. The summed E-state index contributed by atoms with van der Waals surface area (Å²) < 4.78 is 52.7. The summed E-state index contributed by atoms with van der Waals surface area (Å²) in [5.74, 6) is 0. The van der Waals surface area contributed by atoms with E-state index in [0.717, 1.165) is 0 Å². The van der Waals surface area contributed by atoms with Crippen LogP contribution >= 0.6 is 0 Å². The van der Waals surface area contributed by atoms with Gasteiger partial charge in [-0.1, -0.05) is 18.2 Å². The molecule has 1 unspecified atom stereocenters. The van der Waals surface area contributed by atoms with E-state index in [2.05, 4.69) is 5.32 Å². The Hall–Kier alpha value is -1.00. The lowest BCUT2D eigenvalue weighted by atomic mass is 10.1. The summed E-state index contributed by atoms with van der Waals surface area (Å²) in [7, 11) is -5.06. The highest BCUT2D eigenvalue weighted by Crippen LogP contribution is 1.98. The molecule has 1 atom stereocenters. The maximum Gasteiger partial charge on any atom is 0.394 e. The largest absolute Gasteiger partial charge is 0.394 e. The van der Waals surface area contributed by atoms with E-state index in [1.807, 2.05) is 6.08 Å². The van der Waals surface area contributed by atoms with Crippen LogP contribution in [0.1, 0.15) is 0 Å². The van der Waals surface area contributed by atoms with Crippen LogP contribution in [0.25, 0.3) is 0 Å². The molecular formula is C7H11NO6S2. The van der Waals surface area contributed by atoms with Crippen LogP contribution in [0.4, 0.5) is 0 Å². The zero-order valence-electron chi connectivity index (χ0n) is 8.23. The molecule has 3 N–H and O–H groups in total. The molecule has 0 amide bonds. The van der Waals surface area contributed by atoms with Crippen molar-refractivity contribution in [2.75, 3.05) is 7.05 Å². The van der Waals surface area contributed by atoms with Gasteiger partial charge in [0.1, 0.15) is 0 Å². The molecule has 9 heteroatoms. The first-order chi connectivity index (χ1) is 7.25. The first-order valence-electron chi connectivity index (χ1n) is 3.94. The lowest BCUT2D eigenvalue weighted by Gasteiger charge is -2.10. The maximum atomic E-state index is 10.6. The van der Waals surface area contributed by atoms with Crippen LogP contribution in [0, 0.1) is 0 Å². The average Bonchev–Trinajstić information content (AvgIpc) is 2.15. The summed E-state index contributed by atoms with van der Waals surface area (Å²) in [5.41, 5.74) is 0. The monoisotopic (exact) mass is 269 g/mol. The molecule has 7 nitrogen and oxygen atoms in total. The second-order valence-corrected chi connectivity index (χ2v) is 4.43. The molecule has 1 rings (SSSR count). The molecule has 0 radical (unpaired) electrons. The predicted molar refractivity (Wildman–Crippen MR) is 59.2 cm³/mol. The van der Waals surface area contributed by atoms with Gasteiger partial charge in [0, 0.05) is 0 Å². The minimum Gasteiger partial charge on any atom is -0.309 e. The minimum atomic E-state index is -4.67. The molecule has 0 aromatic heterocycles. The molecule has 0 aliphatic heterocycles. The third-order valence-electron chi connectivity index (χ3n) is 1.49. The summed E-state index contributed by atoms with van der Waals surface area (Å²) >= 11 is 0. The van der Waals surface area contributed by atoms with Crippen molar-refractivity contribution in [1.29, 1.82) is 0 Å². The van der Waals surface area contributed by atoms with Gasteiger partial charge in [0.15, 0.2) is 0 Å². The van der Waals surface area contributed by atoms with Crippen LogP contribution in [0.3, 0.4) is 0 Å². The highest BCUT2D eigenvalue weighted by Gasteiger charge is 2.10. The molecule has 0 saturated carbocycles. The Morgan fingerprint density at radius 2 is 1.81 bits per heavy atom. The Morgan fingerprint density at radius 3 is 2.12 bits per heavy atom. The van der Waals surface area contributed by atoms with Gasteiger partial charge in [-0.25, -0.2) is 0 Å². The summed E-state index contributed by atoms with van der Waals surface area (Å²) in [6.07, 6.45) is 6.91. The third-order valence-corrected chi connectivity index (χ3v) is 2.26. The van der Waals surface area contributed by atoms with E-state index in [1.165, 1.54) is 0 Å². The number of likely N-dealkylation sites (N-methyl/N-ethyl adjacent to an activating group) is 1. The van der Waals surface area contributed by atoms with Gasteiger partial charge < -0.3 is 5.32 Å². The van der Waals surface area contributed by atoms with Gasteiger partial charge in [0.2, 0.25) is 10.3 Å². The lowest BCUT2D eigenvalue weighted by Crippen LogP contribution is -2.32. The average molecular weight is 269 g/mol. The van der Waals surface area contributed by atoms with Crippen LogP contribution in [0.5, 0.6) is 0 Å². The Bertz CT molecular complexity index is 497. The fraction of sp³-hybridized carbons (Fsp3) is 0.286. The van der Waals surface area contributed by atoms with Crippen molar-refractivity contribution in [3.05, 3.63) is 24.3 Å². The van der Waals surface area contributed by atoms with E-state index >= 15 is 0 Å². The number of allylic oxidation sites excluding steroid dienone is 2. The molecule has 1 aliphatic carbocycles. The van der Waals surface area contributed by atoms with Crippen molar-refractivity contribution < 1.29 is 25.9 Å². The Balaban J connectivity index is 0.000000385.